The van der Waals surface area contributed by atoms with Crippen LogP contribution in [0.25, 0.3) is 22.4 Å². The maximum atomic E-state index is 10.2. The summed E-state index contributed by atoms with van der Waals surface area (Å²) >= 11 is 0. The van der Waals surface area contributed by atoms with Crippen molar-refractivity contribution in [2.75, 3.05) is 13.7 Å². The molecule has 0 aliphatic rings. The van der Waals surface area contributed by atoms with Crippen molar-refractivity contribution in [3.63, 3.8) is 0 Å². The molecule has 0 radical (unpaired) electrons. The van der Waals surface area contributed by atoms with Crippen molar-refractivity contribution in [1.29, 1.82) is 0 Å². The molecule has 3 aromatic rings. The summed E-state index contributed by atoms with van der Waals surface area (Å²) in [7, 11) is 1.66. The Kier molecular flexibility index (Phi) is 4.57. The third kappa shape index (κ3) is 3.51. The number of H-pyrrole nitrogens is 1. The fourth-order valence-corrected chi connectivity index (χ4v) is 2.55. The van der Waals surface area contributed by atoms with Crippen molar-refractivity contribution in [3.8, 4) is 17.1 Å². The third-order valence-corrected chi connectivity index (χ3v) is 3.78. The molecule has 23 heavy (non-hydrogen) atoms. The normalized spacial score (nSPS) is 10.7. The van der Waals surface area contributed by atoms with Crippen molar-refractivity contribution in [3.05, 3.63) is 48.0 Å². The van der Waals surface area contributed by atoms with E-state index in [0.29, 0.717) is 6.54 Å². The largest absolute Gasteiger partial charge is 0.497 e. The highest BCUT2D eigenvalue weighted by molar-refractivity contribution is 5.80. The summed E-state index contributed by atoms with van der Waals surface area (Å²) < 4.78 is 5.18. The quantitative estimate of drug-likeness (QED) is 0.521. The van der Waals surface area contributed by atoms with Gasteiger partial charge in [0.1, 0.15) is 11.6 Å². The molecule has 2 aromatic carbocycles. The van der Waals surface area contributed by atoms with Crippen LogP contribution in [0, 0.1) is 0 Å². The van der Waals surface area contributed by atoms with Gasteiger partial charge < -0.3 is 15.0 Å². The zero-order chi connectivity index (χ0) is 16.1. The fraction of sp³-hybridized carbons (Fsp3) is 0.222. The lowest BCUT2D eigenvalue weighted by Crippen LogP contribution is -2.12. The predicted molar refractivity (Wildman–Crippen MR) is 90.5 cm³/mol. The minimum Gasteiger partial charge on any atom is -0.497 e. The smallest absolute Gasteiger partial charge is 0.207 e. The molecule has 0 atom stereocenters. The molecule has 0 saturated heterocycles. The number of hydrogen-bond donors (Lipinski definition) is 2. The van der Waals surface area contributed by atoms with Gasteiger partial charge >= 0.3 is 0 Å². The van der Waals surface area contributed by atoms with E-state index in [2.05, 4.69) is 27.4 Å². The van der Waals surface area contributed by atoms with Crippen LogP contribution in [0.4, 0.5) is 0 Å². The topological polar surface area (TPSA) is 67.0 Å². The number of imidazole rings is 1. The van der Waals surface area contributed by atoms with E-state index in [1.807, 2.05) is 30.3 Å². The first kappa shape index (κ1) is 15.1. The fourth-order valence-electron chi connectivity index (χ4n) is 2.55. The molecule has 1 aromatic heterocycles. The zero-order valence-electron chi connectivity index (χ0n) is 13.0. The number of hydrogen-bond acceptors (Lipinski definition) is 3. The summed E-state index contributed by atoms with van der Waals surface area (Å²) in [6.45, 7) is 0.696. The van der Waals surface area contributed by atoms with Gasteiger partial charge in [-0.3, -0.25) is 4.79 Å². The minimum absolute atomic E-state index is 0.696. The number of fused-ring (bicyclic) bond motifs is 1. The molecule has 0 aliphatic heterocycles. The van der Waals surface area contributed by atoms with E-state index < -0.39 is 0 Å². The molecule has 5 nitrogen and oxygen atoms in total. The lowest BCUT2D eigenvalue weighted by Gasteiger charge is -2.01. The molecule has 0 spiro atoms. The molecule has 1 amide bonds. The molecule has 3 rings (SSSR count). The first-order chi connectivity index (χ1) is 11.3. The van der Waals surface area contributed by atoms with E-state index >= 15 is 0 Å². The lowest BCUT2D eigenvalue weighted by atomic mass is 10.1. The second-order valence-corrected chi connectivity index (χ2v) is 5.34. The lowest BCUT2D eigenvalue weighted by molar-refractivity contribution is -0.109. The summed E-state index contributed by atoms with van der Waals surface area (Å²) in [5, 5.41) is 2.68. The second-order valence-electron chi connectivity index (χ2n) is 5.34. The molecule has 0 bridgehead atoms. The van der Waals surface area contributed by atoms with Crippen molar-refractivity contribution in [1.82, 2.24) is 15.3 Å². The first-order valence-electron chi connectivity index (χ1n) is 7.60. The number of carbonyl (C=O) groups is 1. The Labute approximate surface area is 134 Å². The Morgan fingerprint density at radius 2 is 2.04 bits per heavy atom. The number of aryl methyl sites for hydroxylation is 1. The van der Waals surface area contributed by atoms with Crippen LogP contribution in [0.2, 0.25) is 0 Å². The number of aromatic amines is 1. The van der Waals surface area contributed by atoms with Crippen LogP contribution in [0.15, 0.2) is 42.5 Å². The van der Waals surface area contributed by atoms with Gasteiger partial charge in [-0.2, -0.15) is 0 Å². The molecule has 118 valence electrons. The first-order valence-corrected chi connectivity index (χ1v) is 7.60. The predicted octanol–water partition coefficient (Wildman–Crippen LogP) is 2.92. The standard InChI is InChI=1S/C18H19N3O2/c1-23-15-7-5-14(6-8-15)18-20-16-9-4-13(11-17(16)21-18)3-2-10-19-12-22/h4-9,11-12H,2-3,10H2,1H3,(H,19,22)(H,20,21). The van der Waals surface area contributed by atoms with Crippen molar-refractivity contribution in [2.24, 2.45) is 0 Å². The molecule has 1 heterocycles. The molecule has 0 saturated carbocycles. The van der Waals surface area contributed by atoms with Crippen LogP contribution in [0.1, 0.15) is 12.0 Å². The van der Waals surface area contributed by atoms with Crippen LogP contribution in [-0.2, 0) is 11.2 Å². The number of amides is 1. The van der Waals surface area contributed by atoms with Gasteiger partial charge in [-0.25, -0.2) is 4.98 Å². The second kappa shape index (κ2) is 6.96. The monoisotopic (exact) mass is 309 g/mol. The molecular weight excluding hydrogens is 290 g/mol. The maximum absolute atomic E-state index is 10.2. The van der Waals surface area contributed by atoms with E-state index in [1.165, 1.54) is 5.56 Å². The summed E-state index contributed by atoms with van der Waals surface area (Å²) in [5.74, 6) is 1.68. The number of nitrogens with zero attached hydrogens (tertiary/aromatic N) is 1. The van der Waals surface area contributed by atoms with Crippen molar-refractivity contribution in [2.45, 2.75) is 12.8 Å². The SMILES string of the molecule is COc1ccc(-c2nc3ccc(CCCNC=O)cc3[nH]2)cc1. The molecular formula is C18H19N3O2. The summed E-state index contributed by atoms with van der Waals surface area (Å²) in [6, 6.07) is 14.1. The van der Waals surface area contributed by atoms with E-state index in [-0.39, 0.29) is 0 Å². The highest BCUT2D eigenvalue weighted by Gasteiger charge is 2.06. The Balaban J connectivity index is 1.79. The van der Waals surface area contributed by atoms with E-state index in [4.69, 9.17) is 4.74 Å². The van der Waals surface area contributed by atoms with Gasteiger partial charge in [-0.1, -0.05) is 6.07 Å². The summed E-state index contributed by atoms with van der Waals surface area (Å²) in [4.78, 5) is 18.2. The van der Waals surface area contributed by atoms with Crippen LogP contribution >= 0.6 is 0 Å². The van der Waals surface area contributed by atoms with Crippen LogP contribution in [-0.4, -0.2) is 30.0 Å². The minimum atomic E-state index is 0.696. The number of benzene rings is 2. The Hall–Kier alpha value is -2.82. The molecule has 0 aliphatic carbocycles. The zero-order valence-corrected chi connectivity index (χ0v) is 13.0. The van der Waals surface area contributed by atoms with Gasteiger partial charge in [0.25, 0.3) is 0 Å². The van der Waals surface area contributed by atoms with Crippen LogP contribution < -0.4 is 10.1 Å². The average Bonchev–Trinajstić information content (AvgIpc) is 3.02. The number of rotatable bonds is 7. The molecule has 0 unspecified atom stereocenters. The molecule has 0 fully saturated rings. The Bertz CT molecular complexity index is 794. The van der Waals surface area contributed by atoms with Crippen molar-refractivity contribution < 1.29 is 9.53 Å². The van der Waals surface area contributed by atoms with E-state index in [1.54, 1.807) is 7.11 Å². The Morgan fingerprint density at radius 1 is 1.22 bits per heavy atom. The van der Waals surface area contributed by atoms with Crippen LogP contribution in [0.3, 0.4) is 0 Å². The highest BCUT2D eigenvalue weighted by Crippen LogP contribution is 2.23. The number of nitrogens with one attached hydrogen (secondary N) is 2. The van der Waals surface area contributed by atoms with E-state index in [0.717, 1.165) is 47.4 Å². The van der Waals surface area contributed by atoms with Gasteiger partial charge in [-0.05, 0) is 54.8 Å². The van der Waals surface area contributed by atoms with Gasteiger partial charge in [0.05, 0.1) is 18.1 Å². The average molecular weight is 309 g/mol. The van der Waals surface area contributed by atoms with Crippen LogP contribution in [0.5, 0.6) is 5.75 Å². The molecule has 2 N–H and O–H groups in total. The van der Waals surface area contributed by atoms with Gasteiger partial charge in [0, 0.05) is 12.1 Å². The van der Waals surface area contributed by atoms with Gasteiger partial charge in [0.15, 0.2) is 0 Å². The Morgan fingerprint density at radius 3 is 2.78 bits per heavy atom. The highest BCUT2D eigenvalue weighted by atomic mass is 16.5. The number of ether oxygens (including phenoxy) is 1. The van der Waals surface area contributed by atoms with Gasteiger partial charge in [-0.15, -0.1) is 0 Å². The summed E-state index contributed by atoms with van der Waals surface area (Å²) in [5.41, 5.74) is 4.23. The number of aromatic nitrogens is 2. The van der Waals surface area contributed by atoms with Gasteiger partial charge in [0.2, 0.25) is 6.41 Å². The maximum Gasteiger partial charge on any atom is 0.207 e. The number of methoxy groups -OCH3 is 1. The molecule has 5 heteroatoms. The van der Waals surface area contributed by atoms with Crippen molar-refractivity contribution >= 4 is 17.4 Å². The summed E-state index contributed by atoms with van der Waals surface area (Å²) in [6.07, 6.45) is 2.58. The third-order valence-electron chi connectivity index (χ3n) is 3.78. The van der Waals surface area contributed by atoms with E-state index in [9.17, 15) is 4.79 Å². The number of carbonyl (C=O) groups excluding carboxylic acids is 1.